The quantitative estimate of drug-likeness (QED) is 0.0261. The van der Waals surface area contributed by atoms with Crippen molar-refractivity contribution in [1.29, 1.82) is 0 Å². The maximum Gasteiger partial charge on any atom is 0.306 e. The highest BCUT2D eigenvalue weighted by molar-refractivity contribution is 5.71. The summed E-state index contributed by atoms with van der Waals surface area (Å²) < 4.78 is 17.0. The average molecular weight is 1120 g/mol. The van der Waals surface area contributed by atoms with Gasteiger partial charge in [-0.15, -0.1) is 0 Å². The van der Waals surface area contributed by atoms with Gasteiger partial charge in [0, 0.05) is 19.3 Å². The van der Waals surface area contributed by atoms with Crippen LogP contribution in [0.3, 0.4) is 0 Å². The Morgan fingerprint density at radius 3 is 0.762 bits per heavy atom. The van der Waals surface area contributed by atoms with Crippen LogP contribution in [0.25, 0.3) is 0 Å². The summed E-state index contributed by atoms with van der Waals surface area (Å²) in [6, 6.07) is 0. The lowest BCUT2D eigenvalue weighted by molar-refractivity contribution is -0.167. The van der Waals surface area contributed by atoms with Gasteiger partial charge >= 0.3 is 17.9 Å². The minimum atomic E-state index is -0.781. The van der Waals surface area contributed by atoms with E-state index >= 15 is 0 Å². The summed E-state index contributed by atoms with van der Waals surface area (Å²) in [5, 5.41) is 0. The number of hydrogen-bond donors (Lipinski definition) is 0. The van der Waals surface area contributed by atoms with Crippen LogP contribution in [0, 0.1) is 0 Å². The average Bonchev–Trinajstić information content (AvgIpc) is 3.46. The van der Waals surface area contributed by atoms with Crippen LogP contribution in [0.1, 0.15) is 374 Å². The third-order valence-corrected chi connectivity index (χ3v) is 15.8. The van der Waals surface area contributed by atoms with E-state index in [1.165, 1.54) is 231 Å². The second kappa shape index (κ2) is 68.6. The topological polar surface area (TPSA) is 78.9 Å². The monoisotopic (exact) mass is 1120 g/mol. The van der Waals surface area contributed by atoms with E-state index < -0.39 is 6.10 Å². The van der Waals surface area contributed by atoms with Crippen LogP contribution in [0.15, 0.2) is 60.8 Å². The maximum atomic E-state index is 13.0. The van der Waals surface area contributed by atoms with Gasteiger partial charge < -0.3 is 14.2 Å². The molecule has 466 valence electrons. The van der Waals surface area contributed by atoms with Crippen LogP contribution in [-0.2, 0) is 28.6 Å². The molecule has 0 saturated carbocycles. The number of esters is 3. The van der Waals surface area contributed by atoms with Crippen LogP contribution in [0.2, 0.25) is 0 Å². The fourth-order valence-corrected chi connectivity index (χ4v) is 10.5. The van der Waals surface area contributed by atoms with E-state index in [1.54, 1.807) is 0 Å². The minimum absolute atomic E-state index is 0.0764. The molecule has 0 aliphatic heterocycles. The van der Waals surface area contributed by atoms with Crippen molar-refractivity contribution in [3.05, 3.63) is 60.8 Å². The first kappa shape index (κ1) is 77.1. The molecule has 0 aromatic rings. The maximum absolute atomic E-state index is 13.0. The molecule has 0 bridgehead atoms. The van der Waals surface area contributed by atoms with Gasteiger partial charge in [-0.25, -0.2) is 0 Å². The van der Waals surface area contributed by atoms with Crippen molar-refractivity contribution in [2.75, 3.05) is 13.2 Å². The zero-order valence-corrected chi connectivity index (χ0v) is 53.6. The molecule has 0 aliphatic rings. The van der Waals surface area contributed by atoms with Crippen molar-refractivity contribution in [3.8, 4) is 0 Å². The summed E-state index contributed by atoms with van der Waals surface area (Å²) in [4.78, 5) is 38.4. The third kappa shape index (κ3) is 65.9. The van der Waals surface area contributed by atoms with Gasteiger partial charge in [-0.2, -0.15) is 0 Å². The standard InChI is InChI=1S/C74H134O6/c1-4-7-10-13-16-19-22-25-28-30-32-34-36-37-38-40-41-43-46-49-52-55-58-61-64-67-73(76)79-70-71(69-78-72(75)66-63-60-57-54-51-48-45-27-24-21-18-15-12-9-6-3)80-74(77)68-65-62-59-56-53-50-47-44-42-39-35-33-31-29-26-23-20-17-14-11-8-5-2/h9,12,18,21-22,25,27,30,32,45,71H,4-8,10-11,13-17,19-20,23-24,26,28-29,31,33-44,46-70H2,1-3H3/b12-9-,21-18-,25-22-,32-30-,45-27-. The lowest BCUT2D eigenvalue weighted by Gasteiger charge is -2.18. The van der Waals surface area contributed by atoms with E-state index in [9.17, 15) is 14.4 Å². The molecule has 0 aromatic carbocycles. The first-order chi connectivity index (χ1) is 39.5. The second-order valence-electron chi connectivity index (χ2n) is 23.8. The van der Waals surface area contributed by atoms with E-state index in [0.29, 0.717) is 19.3 Å². The third-order valence-electron chi connectivity index (χ3n) is 15.8. The van der Waals surface area contributed by atoms with Gasteiger partial charge in [0.15, 0.2) is 6.10 Å². The Hall–Kier alpha value is -2.89. The largest absolute Gasteiger partial charge is 0.462 e. The number of hydrogen-bond acceptors (Lipinski definition) is 6. The zero-order chi connectivity index (χ0) is 57.8. The molecule has 0 N–H and O–H groups in total. The highest BCUT2D eigenvalue weighted by atomic mass is 16.6. The number of ether oxygens (including phenoxy) is 3. The molecule has 0 heterocycles. The van der Waals surface area contributed by atoms with Crippen LogP contribution in [0.4, 0.5) is 0 Å². The SMILES string of the molecule is CC/C=C\C/C=C\C/C=C\CCCCCCCC(=O)OCC(COC(=O)CCCCCCCCCCCCCCC/C=C\C/C=C\CCCCCCC)OC(=O)CCCCCCCCCCCCCCCCCCCCCCCC. The van der Waals surface area contributed by atoms with Gasteiger partial charge in [-0.3, -0.25) is 14.4 Å². The number of allylic oxidation sites excluding steroid dienone is 10. The lowest BCUT2D eigenvalue weighted by atomic mass is 10.0. The summed E-state index contributed by atoms with van der Waals surface area (Å²) >= 11 is 0. The molecule has 80 heavy (non-hydrogen) atoms. The smallest absolute Gasteiger partial charge is 0.306 e. The van der Waals surface area contributed by atoms with E-state index in [2.05, 4.69) is 81.5 Å². The molecular formula is C74H134O6. The molecular weight excluding hydrogens is 985 g/mol. The van der Waals surface area contributed by atoms with E-state index in [0.717, 1.165) is 103 Å². The summed E-state index contributed by atoms with van der Waals surface area (Å²) in [6.45, 7) is 6.57. The van der Waals surface area contributed by atoms with Gasteiger partial charge in [0.1, 0.15) is 13.2 Å². The minimum Gasteiger partial charge on any atom is -0.462 e. The van der Waals surface area contributed by atoms with Crippen molar-refractivity contribution in [3.63, 3.8) is 0 Å². The Kier molecular flexibility index (Phi) is 66.1. The molecule has 0 fully saturated rings. The molecule has 6 heteroatoms. The van der Waals surface area contributed by atoms with Crippen molar-refractivity contribution in [1.82, 2.24) is 0 Å². The molecule has 0 rings (SSSR count). The van der Waals surface area contributed by atoms with Gasteiger partial charge in [0.2, 0.25) is 0 Å². The number of unbranched alkanes of at least 4 members (excludes halogenated alkanes) is 44. The number of carbonyl (C=O) groups excluding carboxylic acids is 3. The Bertz CT molecular complexity index is 1430. The zero-order valence-electron chi connectivity index (χ0n) is 53.6. The van der Waals surface area contributed by atoms with Crippen LogP contribution in [0.5, 0.6) is 0 Å². The van der Waals surface area contributed by atoms with Crippen molar-refractivity contribution < 1.29 is 28.6 Å². The van der Waals surface area contributed by atoms with Crippen molar-refractivity contribution in [2.45, 2.75) is 380 Å². The summed E-state index contributed by atoms with van der Waals surface area (Å²) in [5.74, 6) is -0.870. The first-order valence-corrected chi connectivity index (χ1v) is 35.3. The molecule has 0 spiro atoms. The predicted molar refractivity (Wildman–Crippen MR) is 348 cm³/mol. The summed E-state index contributed by atoms with van der Waals surface area (Å²) in [7, 11) is 0. The number of rotatable bonds is 65. The van der Waals surface area contributed by atoms with Gasteiger partial charge in [0.25, 0.3) is 0 Å². The fourth-order valence-electron chi connectivity index (χ4n) is 10.5. The molecule has 0 radical (unpaired) electrons. The number of carbonyl (C=O) groups is 3. The molecule has 0 aromatic heterocycles. The summed E-state index contributed by atoms with van der Waals surface area (Å²) in [5.41, 5.74) is 0. The normalized spacial score (nSPS) is 12.4. The van der Waals surface area contributed by atoms with Gasteiger partial charge in [-0.1, -0.05) is 332 Å². The highest BCUT2D eigenvalue weighted by Crippen LogP contribution is 2.18. The predicted octanol–water partition coefficient (Wildman–Crippen LogP) is 24.3. The van der Waals surface area contributed by atoms with Crippen molar-refractivity contribution >= 4 is 17.9 Å². The van der Waals surface area contributed by atoms with Gasteiger partial charge in [0.05, 0.1) is 0 Å². The van der Waals surface area contributed by atoms with Crippen LogP contribution >= 0.6 is 0 Å². The van der Waals surface area contributed by atoms with Crippen LogP contribution in [-0.4, -0.2) is 37.2 Å². The Morgan fingerprint density at radius 2 is 0.487 bits per heavy atom. The Labute approximate surface area is 498 Å². The lowest BCUT2D eigenvalue weighted by Crippen LogP contribution is -2.30. The van der Waals surface area contributed by atoms with E-state index in [1.807, 2.05) is 0 Å². The summed E-state index contributed by atoms with van der Waals surface area (Å²) in [6.07, 6.45) is 88.2. The van der Waals surface area contributed by atoms with Gasteiger partial charge in [-0.05, 0) is 83.5 Å². The Balaban J connectivity index is 4.29. The first-order valence-electron chi connectivity index (χ1n) is 35.3. The molecule has 6 nitrogen and oxygen atoms in total. The fraction of sp³-hybridized carbons (Fsp3) is 0.824. The second-order valence-corrected chi connectivity index (χ2v) is 23.8. The Morgan fingerprint density at radius 1 is 0.263 bits per heavy atom. The van der Waals surface area contributed by atoms with E-state index in [-0.39, 0.29) is 31.1 Å². The van der Waals surface area contributed by atoms with Crippen molar-refractivity contribution in [2.24, 2.45) is 0 Å². The highest BCUT2D eigenvalue weighted by Gasteiger charge is 2.19. The molecule has 0 amide bonds. The van der Waals surface area contributed by atoms with E-state index in [4.69, 9.17) is 14.2 Å². The molecule has 0 saturated heterocycles. The molecule has 0 aliphatic carbocycles. The molecule has 1 atom stereocenters. The molecule has 1 unspecified atom stereocenters. The van der Waals surface area contributed by atoms with Crippen LogP contribution < -0.4 is 0 Å².